The number of rotatable bonds is 7. The Balaban J connectivity index is 1.64. The molecule has 0 saturated carbocycles. The zero-order valence-corrected chi connectivity index (χ0v) is 19.6. The van der Waals surface area contributed by atoms with Gasteiger partial charge in [-0.2, -0.15) is 0 Å². The molecular weight excluding hydrogens is 428 g/mol. The molecule has 3 atom stereocenters. The van der Waals surface area contributed by atoms with E-state index < -0.39 is 18.2 Å². The Bertz CT molecular complexity index is 973. The van der Waals surface area contributed by atoms with E-state index in [9.17, 15) is 19.5 Å². The normalized spacial score (nSPS) is 19.1. The van der Waals surface area contributed by atoms with Gasteiger partial charge in [-0.25, -0.2) is 4.98 Å². The van der Waals surface area contributed by atoms with Crippen molar-refractivity contribution in [2.24, 2.45) is 5.92 Å². The predicted octanol–water partition coefficient (Wildman–Crippen LogP) is 1.86. The van der Waals surface area contributed by atoms with Crippen LogP contribution in [0.15, 0.2) is 29.8 Å². The minimum absolute atomic E-state index is 0.0720. The molecule has 1 saturated heterocycles. The van der Waals surface area contributed by atoms with E-state index in [0.29, 0.717) is 6.54 Å². The number of aliphatic hydroxyl groups excluding tert-OH is 1. The summed E-state index contributed by atoms with van der Waals surface area (Å²) in [5, 5.41) is 15.7. The van der Waals surface area contributed by atoms with Crippen LogP contribution in [0.2, 0.25) is 0 Å². The molecule has 32 heavy (non-hydrogen) atoms. The van der Waals surface area contributed by atoms with Gasteiger partial charge in [-0.05, 0) is 24.0 Å². The molecule has 0 bridgehead atoms. The summed E-state index contributed by atoms with van der Waals surface area (Å²) in [6.45, 7) is 7.37. The number of nitrogens with zero attached hydrogens (tertiary/aromatic N) is 2. The highest BCUT2D eigenvalue weighted by Crippen LogP contribution is 2.27. The van der Waals surface area contributed by atoms with Crippen LogP contribution < -0.4 is 10.6 Å². The van der Waals surface area contributed by atoms with E-state index in [0.717, 1.165) is 21.7 Å². The van der Waals surface area contributed by atoms with Gasteiger partial charge in [-0.15, -0.1) is 11.3 Å². The summed E-state index contributed by atoms with van der Waals surface area (Å²) in [4.78, 5) is 44.2. The van der Waals surface area contributed by atoms with Crippen LogP contribution in [0.4, 0.5) is 0 Å². The average molecular weight is 459 g/mol. The van der Waals surface area contributed by atoms with Crippen molar-refractivity contribution in [3.05, 3.63) is 41.0 Å². The highest BCUT2D eigenvalue weighted by molar-refractivity contribution is 7.13. The van der Waals surface area contributed by atoms with Crippen molar-refractivity contribution in [2.45, 2.75) is 58.8 Å². The molecular formula is C23H30N4O4S. The van der Waals surface area contributed by atoms with Crippen LogP contribution in [0.25, 0.3) is 10.4 Å². The quantitative estimate of drug-likeness (QED) is 0.586. The number of hydrogen-bond donors (Lipinski definition) is 3. The van der Waals surface area contributed by atoms with Gasteiger partial charge < -0.3 is 20.6 Å². The lowest BCUT2D eigenvalue weighted by atomic mass is 10.0. The summed E-state index contributed by atoms with van der Waals surface area (Å²) < 4.78 is 0. The van der Waals surface area contributed by atoms with Crippen molar-refractivity contribution in [3.8, 4) is 10.4 Å². The van der Waals surface area contributed by atoms with E-state index >= 15 is 0 Å². The Hall–Kier alpha value is -2.78. The molecule has 2 heterocycles. The van der Waals surface area contributed by atoms with Crippen LogP contribution in [-0.2, 0) is 20.9 Å². The lowest BCUT2D eigenvalue weighted by Crippen LogP contribution is -2.55. The summed E-state index contributed by atoms with van der Waals surface area (Å²) in [5.41, 5.74) is 4.81. The summed E-state index contributed by atoms with van der Waals surface area (Å²) >= 11 is 1.59. The van der Waals surface area contributed by atoms with Crippen molar-refractivity contribution in [2.75, 3.05) is 6.54 Å². The van der Waals surface area contributed by atoms with E-state index in [1.807, 2.05) is 50.5 Å². The van der Waals surface area contributed by atoms with E-state index in [2.05, 4.69) is 15.6 Å². The molecule has 1 aliphatic rings. The van der Waals surface area contributed by atoms with Crippen molar-refractivity contribution < 1.29 is 19.5 Å². The van der Waals surface area contributed by atoms with Crippen molar-refractivity contribution in [1.29, 1.82) is 0 Å². The fourth-order valence-corrected chi connectivity index (χ4v) is 4.69. The van der Waals surface area contributed by atoms with Gasteiger partial charge in [0.2, 0.25) is 17.7 Å². The number of aryl methyl sites for hydroxylation is 1. The fraction of sp³-hybridized carbons (Fsp3) is 0.478. The van der Waals surface area contributed by atoms with Crippen LogP contribution in [0.1, 0.15) is 38.4 Å². The van der Waals surface area contributed by atoms with Gasteiger partial charge in [-0.1, -0.05) is 38.1 Å². The monoisotopic (exact) mass is 458 g/mol. The Labute approximate surface area is 192 Å². The third-order valence-electron chi connectivity index (χ3n) is 5.58. The van der Waals surface area contributed by atoms with Gasteiger partial charge in [0.05, 0.1) is 22.2 Å². The van der Waals surface area contributed by atoms with E-state index in [1.165, 1.54) is 11.8 Å². The first-order valence-electron chi connectivity index (χ1n) is 10.7. The maximum Gasteiger partial charge on any atom is 0.246 e. The Morgan fingerprint density at radius 1 is 1.25 bits per heavy atom. The minimum atomic E-state index is -0.776. The number of aliphatic hydroxyl groups is 1. The van der Waals surface area contributed by atoms with Gasteiger partial charge in [-0.3, -0.25) is 14.4 Å². The number of carbonyl (C=O) groups excluding carboxylic acids is 3. The van der Waals surface area contributed by atoms with E-state index in [4.69, 9.17) is 0 Å². The van der Waals surface area contributed by atoms with Crippen LogP contribution in [0, 0.1) is 12.8 Å². The molecule has 0 radical (unpaired) electrons. The molecule has 0 spiro atoms. The minimum Gasteiger partial charge on any atom is -0.391 e. The predicted molar refractivity (Wildman–Crippen MR) is 123 cm³/mol. The Morgan fingerprint density at radius 2 is 1.94 bits per heavy atom. The first kappa shape index (κ1) is 23.9. The number of amides is 3. The maximum atomic E-state index is 13.1. The number of benzene rings is 1. The third-order valence-corrected chi connectivity index (χ3v) is 6.56. The Morgan fingerprint density at radius 3 is 2.50 bits per heavy atom. The standard InChI is InChI=1S/C23H30N4O4S/c1-13(2)20(26-15(4)28)23(31)27-11-18(29)9-19(27)22(30)24-10-16-5-7-17(8-6-16)21-14(3)25-12-32-21/h5-8,12-13,18-20,29H,9-11H2,1-4H3,(H,24,30)(H,26,28)/t18-,19?,20?/m1/s1. The molecule has 3 rings (SSSR count). The highest BCUT2D eigenvalue weighted by atomic mass is 32.1. The SMILES string of the molecule is CC(=O)NC(C(=O)N1C[C@H](O)CC1C(=O)NCc1ccc(-c2scnc2C)cc1)C(C)C. The lowest BCUT2D eigenvalue weighted by Gasteiger charge is -2.30. The first-order valence-corrected chi connectivity index (χ1v) is 11.6. The average Bonchev–Trinajstić information content (AvgIpc) is 3.35. The zero-order chi connectivity index (χ0) is 23.4. The summed E-state index contributed by atoms with van der Waals surface area (Å²) in [6, 6.07) is 6.39. The molecule has 3 N–H and O–H groups in total. The van der Waals surface area contributed by atoms with Crippen LogP contribution >= 0.6 is 11.3 Å². The Kier molecular flexibility index (Phi) is 7.63. The smallest absolute Gasteiger partial charge is 0.246 e. The molecule has 9 heteroatoms. The number of carbonyl (C=O) groups is 3. The topological polar surface area (TPSA) is 112 Å². The second-order valence-electron chi connectivity index (χ2n) is 8.50. The third kappa shape index (κ3) is 5.52. The van der Waals surface area contributed by atoms with Crippen molar-refractivity contribution in [1.82, 2.24) is 20.5 Å². The molecule has 2 unspecified atom stereocenters. The van der Waals surface area contributed by atoms with Crippen LogP contribution in [0.3, 0.4) is 0 Å². The van der Waals surface area contributed by atoms with E-state index in [-0.39, 0.29) is 36.6 Å². The second kappa shape index (κ2) is 10.2. The molecule has 0 aliphatic carbocycles. The number of β-amino-alcohol motifs (C(OH)–C–C–N with tert-alkyl or cyclic N) is 1. The van der Waals surface area contributed by atoms with Crippen LogP contribution in [-0.4, -0.2) is 57.4 Å². The molecule has 1 aliphatic heterocycles. The van der Waals surface area contributed by atoms with E-state index in [1.54, 1.807) is 11.3 Å². The second-order valence-corrected chi connectivity index (χ2v) is 9.35. The van der Waals surface area contributed by atoms with Gasteiger partial charge in [0.15, 0.2) is 0 Å². The number of thiazole rings is 1. The van der Waals surface area contributed by atoms with Crippen molar-refractivity contribution >= 4 is 29.1 Å². The van der Waals surface area contributed by atoms with Gasteiger partial charge in [0, 0.05) is 26.4 Å². The summed E-state index contributed by atoms with van der Waals surface area (Å²) in [6.07, 6.45) is -0.603. The summed E-state index contributed by atoms with van der Waals surface area (Å²) in [5.74, 6) is -1.12. The van der Waals surface area contributed by atoms with Gasteiger partial charge in [0.1, 0.15) is 12.1 Å². The van der Waals surface area contributed by atoms with Crippen LogP contribution in [0.5, 0.6) is 0 Å². The molecule has 172 valence electrons. The highest BCUT2D eigenvalue weighted by Gasteiger charge is 2.41. The lowest BCUT2D eigenvalue weighted by molar-refractivity contribution is -0.142. The van der Waals surface area contributed by atoms with Gasteiger partial charge in [0.25, 0.3) is 0 Å². The molecule has 1 aromatic carbocycles. The molecule has 1 aromatic heterocycles. The number of likely N-dealkylation sites (tertiary alicyclic amines) is 1. The largest absolute Gasteiger partial charge is 0.391 e. The number of hydrogen-bond acceptors (Lipinski definition) is 6. The van der Waals surface area contributed by atoms with Crippen molar-refractivity contribution in [3.63, 3.8) is 0 Å². The maximum absolute atomic E-state index is 13.1. The number of nitrogens with one attached hydrogen (secondary N) is 2. The zero-order valence-electron chi connectivity index (χ0n) is 18.8. The molecule has 2 aromatic rings. The number of aromatic nitrogens is 1. The first-order chi connectivity index (χ1) is 15.2. The molecule has 1 fully saturated rings. The molecule has 8 nitrogen and oxygen atoms in total. The summed E-state index contributed by atoms with van der Waals surface area (Å²) in [7, 11) is 0. The van der Waals surface area contributed by atoms with Gasteiger partial charge >= 0.3 is 0 Å². The fourth-order valence-electron chi connectivity index (χ4n) is 3.88. The molecule has 3 amide bonds.